The summed E-state index contributed by atoms with van der Waals surface area (Å²) in [6.07, 6.45) is -0.00366. The van der Waals surface area contributed by atoms with Crippen LogP contribution >= 0.6 is 0 Å². The van der Waals surface area contributed by atoms with Gasteiger partial charge in [-0.1, -0.05) is 18.2 Å². The smallest absolute Gasteiger partial charge is 0.277 e. The van der Waals surface area contributed by atoms with Crippen LogP contribution in [-0.4, -0.2) is 24.1 Å². The molecule has 0 saturated heterocycles. The van der Waals surface area contributed by atoms with Gasteiger partial charge < -0.3 is 10.1 Å². The van der Waals surface area contributed by atoms with Crippen LogP contribution in [-0.2, 0) is 9.59 Å². The van der Waals surface area contributed by atoms with Crippen LogP contribution in [0.3, 0.4) is 0 Å². The number of hydrazone groups is 1. The predicted molar refractivity (Wildman–Crippen MR) is 97.6 cm³/mol. The topological polar surface area (TPSA) is 79.8 Å². The number of carbonyl (C=O) groups is 2. The molecule has 2 aromatic rings. The quantitative estimate of drug-likeness (QED) is 0.590. The minimum atomic E-state index is -0.424. The fourth-order valence-corrected chi connectivity index (χ4v) is 2.06. The molecule has 2 aromatic carbocycles. The number of rotatable bonds is 7. The van der Waals surface area contributed by atoms with E-state index in [4.69, 9.17) is 4.74 Å². The van der Waals surface area contributed by atoms with Gasteiger partial charge in [-0.15, -0.1) is 0 Å². The van der Waals surface area contributed by atoms with Gasteiger partial charge in [0.15, 0.2) is 6.61 Å². The van der Waals surface area contributed by atoms with E-state index in [1.807, 2.05) is 25.1 Å². The predicted octanol–water partition coefficient (Wildman–Crippen LogP) is 3.03. The van der Waals surface area contributed by atoms with E-state index in [-0.39, 0.29) is 24.8 Å². The number of ether oxygens (including phenoxy) is 1. The minimum Gasteiger partial charge on any atom is -0.483 e. The maximum Gasteiger partial charge on any atom is 0.277 e. The summed E-state index contributed by atoms with van der Waals surface area (Å²) >= 11 is 0. The number of anilines is 1. The van der Waals surface area contributed by atoms with Crippen LogP contribution in [0.2, 0.25) is 0 Å². The summed E-state index contributed by atoms with van der Waals surface area (Å²) in [6, 6.07) is 12.8. The molecule has 2 N–H and O–H groups in total. The number of halogens is 1. The van der Waals surface area contributed by atoms with Crippen molar-refractivity contribution in [1.29, 1.82) is 0 Å². The van der Waals surface area contributed by atoms with E-state index >= 15 is 0 Å². The number of nitrogens with zero attached hydrogens (tertiary/aromatic N) is 1. The van der Waals surface area contributed by atoms with Crippen LogP contribution in [0.25, 0.3) is 0 Å². The minimum absolute atomic E-state index is 0.00366. The SMILES string of the molecule is CC(CC(=O)Nc1ccc(F)cc1)=NNC(=O)COc1ccccc1C. The van der Waals surface area contributed by atoms with Crippen LogP contribution < -0.4 is 15.5 Å². The lowest BCUT2D eigenvalue weighted by Crippen LogP contribution is -2.26. The standard InChI is InChI=1S/C19H20FN3O3/c1-13-5-3-4-6-17(13)26-12-19(25)23-22-14(2)11-18(24)21-16-9-7-15(20)8-10-16/h3-10H,11-12H2,1-2H3,(H,21,24)(H,23,25). The maximum atomic E-state index is 12.8. The third-order valence-electron chi connectivity index (χ3n) is 3.37. The van der Waals surface area contributed by atoms with Crippen molar-refractivity contribution in [2.24, 2.45) is 5.10 Å². The summed E-state index contributed by atoms with van der Waals surface area (Å²) in [7, 11) is 0. The highest BCUT2D eigenvalue weighted by molar-refractivity contribution is 6.05. The second-order valence-corrected chi connectivity index (χ2v) is 5.67. The molecule has 2 amide bonds. The summed E-state index contributed by atoms with van der Waals surface area (Å²) < 4.78 is 18.2. The Kier molecular flexibility index (Phi) is 6.84. The molecule has 0 radical (unpaired) electrons. The molecular weight excluding hydrogens is 337 g/mol. The van der Waals surface area contributed by atoms with Crippen molar-refractivity contribution in [1.82, 2.24) is 5.43 Å². The lowest BCUT2D eigenvalue weighted by molar-refractivity contribution is -0.123. The molecule has 0 aliphatic heterocycles. The Morgan fingerprint density at radius 1 is 1.08 bits per heavy atom. The Balaban J connectivity index is 1.76. The molecule has 0 fully saturated rings. The van der Waals surface area contributed by atoms with Gasteiger partial charge in [0.25, 0.3) is 5.91 Å². The molecule has 6 nitrogen and oxygen atoms in total. The lowest BCUT2D eigenvalue weighted by atomic mass is 10.2. The molecule has 2 rings (SSSR count). The molecule has 0 heterocycles. The van der Waals surface area contributed by atoms with Crippen molar-refractivity contribution in [2.75, 3.05) is 11.9 Å². The van der Waals surface area contributed by atoms with Crippen LogP contribution in [0.5, 0.6) is 5.75 Å². The molecule has 0 spiro atoms. The Labute approximate surface area is 151 Å². The van der Waals surface area contributed by atoms with E-state index in [0.29, 0.717) is 17.1 Å². The van der Waals surface area contributed by atoms with Crippen molar-refractivity contribution in [3.05, 3.63) is 59.9 Å². The highest BCUT2D eigenvalue weighted by atomic mass is 19.1. The van der Waals surface area contributed by atoms with Crippen LogP contribution in [0.15, 0.2) is 53.6 Å². The first-order valence-corrected chi connectivity index (χ1v) is 8.00. The molecule has 26 heavy (non-hydrogen) atoms. The number of benzene rings is 2. The molecular formula is C19H20FN3O3. The highest BCUT2D eigenvalue weighted by Gasteiger charge is 2.07. The number of nitrogens with one attached hydrogen (secondary N) is 2. The van der Waals surface area contributed by atoms with Crippen molar-refractivity contribution >= 4 is 23.2 Å². The Bertz CT molecular complexity index is 804. The zero-order valence-corrected chi connectivity index (χ0v) is 14.6. The van der Waals surface area contributed by atoms with Crippen LogP contribution in [0, 0.1) is 12.7 Å². The first-order chi connectivity index (χ1) is 12.4. The Morgan fingerprint density at radius 3 is 2.46 bits per heavy atom. The van der Waals surface area contributed by atoms with Gasteiger partial charge in [-0.05, 0) is 49.7 Å². The summed E-state index contributed by atoms with van der Waals surface area (Å²) in [6.45, 7) is 3.32. The van der Waals surface area contributed by atoms with Crippen molar-refractivity contribution in [3.63, 3.8) is 0 Å². The van der Waals surface area contributed by atoms with Gasteiger partial charge in [-0.3, -0.25) is 9.59 Å². The summed E-state index contributed by atoms with van der Waals surface area (Å²) in [5.41, 5.74) is 4.18. The molecule has 136 valence electrons. The third kappa shape index (κ3) is 6.35. The van der Waals surface area contributed by atoms with E-state index < -0.39 is 5.91 Å². The van der Waals surface area contributed by atoms with Crippen LogP contribution in [0.4, 0.5) is 10.1 Å². The number of aryl methyl sites for hydroxylation is 1. The third-order valence-corrected chi connectivity index (χ3v) is 3.37. The number of hydrogen-bond donors (Lipinski definition) is 2. The Hall–Kier alpha value is -3.22. The molecule has 0 aromatic heterocycles. The summed E-state index contributed by atoms with van der Waals surface area (Å²) in [4.78, 5) is 23.6. The van der Waals surface area contributed by atoms with E-state index in [1.54, 1.807) is 13.0 Å². The first-order valence-electron chi connectivity index (χ1n) is 8.00. The van der Waals surface area contributed by atoms with Gasteiger partial charge in [0, 0.05) is 11.4 Å². The largest absolute Gasteiger partial charge is 0.483 e. The molecule has 7 heteroatoms. The fourth-order valence-electron chi connectivity index (χ4n) is 2.06. The molecule has 0 aliphatic rings. The average Bonchev–Trinajstić information content (AvgIpc) is 2.61. The molecule has 0 saturated carbocycles. The summed E-state index contributed by atoms with van der Waals surface area (Å²) in [5, 5.41) is 6.49. The van der Waals surface area contributed by atoms with Gasteiger partial charge in [0.2, 0.25) is 5.91 Å². The normalized spacial score (nSPS) is 11.0. The number of para-hydroxylation sites is 1. The summed E-state index contributed by atoms with van der Waals surface area (Å²) in [5.74, 6) is -0.492. The second-order valence-electron chi connectivity index (χ2n) is 5.67. The highest BCUT2D eigenvalue weighted by Crippen LogP contribution is 2.15. The molecule has 0 bridgehead atoms. The molecule has 0 atom stereocenters. The van der Waals surface area contributed by atoms with E-state index in [2.05, 4.69) is 15.8 Å². The lowest BCUT2D eigenvalue weighted by Gasteiger charge is -2.08. The van der Waals surface area contributed by atoms with Gasteiger partial charge in [-0.2, -0.15) is 5.10 Å². The zero-order chi connectivity index (χ0) is 18.9. The van der Waals surface area contributed by atoms with E-state index in [0.717, 1.165) is 5.56 Å². The van der Waals surface area contributed by atoms with E-state index in [9.17, 15) is 14.0 Å². The maximum absolute atomic E-state index is 12.8. The van der Waals surface area contributed by atoms with Gasteiger partial charge >= 0.3 is 0 Å². The van der Waals surface area contributed by atoms with Gasteiger partial charge in [0.05, 0.1) is 6.42 Å². The zero-order valence-electron chi connectivity index (χ0n) is 14.6. The molecule has 0 aliphatic carbocycles. The van der Waals surface area contributed by atoms with Crippen molar-refractivity contribution in [2.45, 2.75) is 20.3 Å². The molecule has 0 unspecified atom stereocenters. The fraction of sp³-hybridized carbons (Fsp3) is 0.211. The number of amides is 2. The Morgan fingerprint density at radius 2 is 1.77 bits per heavy atom. The monoisotopic (exact) mass is 357 g/mol. The van der Waals surface area contributed by atoms with E-state index in [1.165, 1.54) is 24.3 Å². The number of hydrogen-bond acceptors (Lipinski definition) is 4. The van der Waals surface area contributed by atoms with Crippen LogP contribution in [0.1, 0.15) is 18.9 Å². The number of carbonyl (C=O) groups excluding carboxylic acids is 2. The second kappa shape index (κ2) is 9.31. The van der Waals surface area contributed by atoms with Gasteiger partial charge in [-0.25, -0.2) is 9.82 Å². The first kappa shape index (κ1) is 19.1. The van der Waals surface area contributed by atoms with Crippen molar-refractivity contribution < 1.29 is 18.7 Å². The van der Waals surface area contributed by atoms with Crippen molar-refractivity contribution in [3.8, 4) is 5.75 Å². The average molecular weight is 357 g/mol. The van der Waals surface area contributed by atoms with Gasteiger partial charge in [0.1, 0.15) is 11.6 Å².